The predicted molar refractivity (Wildman–Crippen MR) is 129 cm³/mol. The number of anilines is 1. The van der Waals surface area contributed by atoms with Crippen LogP contribution in [-0.2, 0) is 22.6 Å². The van der Waals surface area contributed by atoms with Crippen LogP contribution < -0.4 is 11.1 Å². The van der Waals surface area contributed by atoms with E-state index in [4.69, 9.17) is 5.73 Å². The molecule has 174 valence electrons. The summed E-state index contributed by atoms with van der Waals surface area (Å²) in [4.78, 5) is 31.0. The van der Waals surface area contributed by atoms with Crippen molar-refractivity contribution < 1.29 is 9.59 Å². The van der Waals surface area contributed by atoms with Crippen molar-refractivity contribution in [3.8, 4) is 11.1 Å². The van der Waals surface area contributed by atoms with E-state index in [0.717, 1.165) is 55.7 Å². The van der Waals surface area contributed by atoms with Gasteiger partial charge in [-0.2, -0.15) is 0 Å². The Kier molecular flexibility index (Phi) is 5.10. The summed E-state index contributed by atoms with van der Waals surface area (Å²) < 4.78 is 2.28. The standard InChI is InChI=1S/C26H33N5O2/c1-15(27)22-10-21(23-11-26(3,4)14-31(22)23)17-5-6-28-24(9-17)29-25(33)18-7-19-12-30(16(2)32)13-20(19)8-18/h5-6,9-10,18-20H,1,7-8,11-14,27H2,2-4H3,(H,28,29,33)/t18?,19-,20+. The van der Waals surface area contributed by atoms with Gasteiger partial charge < -0.3 is 20.5 Å². The van der Waals surface area contributed by atoms with Crippen LogP contribution in [0.25, 0.3) is 16.8 Å². The number of rotatable bonds is 4. The van der Waals surface area contributed by atoms with E-state index in [9.17, 15) is 9.59 Å². The third-order valence-electron chi connectivity index (χ3n) is 7.66. The lowest BCUT2D eigenvalue weighted by molar-refractivity contribution is -0.128. The largest absolute Gasteiger partial charge is 0.398 e. The van der Waals surface area contributed by atoms with Gasteiger partial charge in [0.2, 0.25) is 11.8 Å². The van der Waals surface area contributed by atoms with Gasteiger partial charge in [0.05, 0.1) is 5.69 Å². The maximum Gasteiger partial charge on any atom is 0.228 e. The number of carbonyl (C=O) groups is 2. The number of amides is 2. The average Bonchev–Trinajstić information content (AvgIpc) is 3.45. The van der Waals surface area contributed by atoms with E-state index in [2.05, 4.69) is 41.4 Å². The fourth-order valence-corrected chi connectivity index (χ4v) is 6.08. The lowest BCUT2D eigenvalue weighted by Crippen LogP contribution is -2.29. The van der Waals surface area contributed by atoms with Gasteiger partial charge >= 0.3 is 0 Å². The summed E-state index contributed by atoms with van der Waals surface area (Å²) in [6, 6.07) is 6.04. The Morgan fingerprint density at radius 2 is 1.91 bits per heavy atom. The zero-order chi connectivity index (χ0) is 23.5. The first-order chi connectivity index (χ1) is 15.6. The van der Waals surface area contributed by atoms with E-state index >= 15 is 0 Å². The van der Waals surface area contributed by atoms with Crippen molar-refractivity contribution in [2.45, 2.75) is 46.6 Å². The Bertz CT molecular complexity index is 1130. The van der Waals surface area contributed by atoms with Gasteiger partial charge in [0, 0.05) is 55.6 Å². The first-order valence-corrected chi connectivity index (χ1v) is 11.8. The SMILES string of the molecule is C=C(N)c1cc(-c2ccnc(NC(=O)C3C[C@@H]4CN(C(C)=O)C[C@@H]4C3)c2)c2n1CC(C)(C)C2. The average molecular weight is 448 g/mol. The molecule has 5 rings (SSSR count). The maximum atomic E-state index is 13.0. The fourth-order valence-electron chi connectivity index (χ4n) is 6.08. The van der Waals surface area contributed by atoms with Crippen molar-refractivity contribution in [1.29, 1.82) is 0 Å². The Hall–Kier alpha value is -3.09. The van der Waals surface area contributed by atoms with E-state index in [1.54, 1.807) is 13.1 Å². The minimum Gasteiger partial charge on any atom is -0.398 e. The number of likely N-dealkylation sites (tertiary alicyclic amines) is 1. The number of hydrogen-bond donors (Lipinski definition) is 2. The van der Waals surface area contributed by atoms with E-state index in [1.807, 2.05) is 17.0 Å². The lowest BCUT2D eigenvalue weighted by atomic mass is 9.89. The summed E-state index contributed by atoms with van der Waals surface area (Å²) >= 11 is 0. The first-order valence-electron chi connectivity index (χ1n) is 11.8. The van der Waals surface area contributed by atoms with Gasteiger partial charge in [-0.05, 0) is 60.3 Å². The third-order valence-corrected chi connectivity index (χ3v) is 7.66. The molecule has 2 aromatic rings. The highest BCUT2D eigenvalue weighted by Gasteiger charge is 2.44. The number of carbonyl (C=O) groups excluding carboxylic acids is 2. The molecule has 1 saturated heterocycles. The van der Waals surface area contributed by atoms with E-state index in [-0.39, 0.29) is 23.1 Å². The lowest BCUT2D eigenvalue weighted by Gasteiger charge is -2.17. The Morgan fingerprint density at radius 3 is 2.55 bits per heavy atom. The Labute approximate surface area is 195 Å². The van der Waals surface area contributed by atoms with E-state index in [1.165, 1.54) is 5.69 Å². The second-order valence-electron chi connectivity index (χ2n) is 10.9. The Morgan fingerprint density at radius 1 is 1.21 bits per heavy atom. The van der Waals surface area contributed by atoms with Crippen LogP contribution in [0.2, 0.25) is 0 Å². The van der Waals surface area contributed by atoms with Crippen LogP contribution in [0.1, 0.15) is 45.0 Å². The van der Waals surface area contributed by atoms with Crippen molar-refractivity contribution in [1.82, 2.24) is 14.5 Å². The second kappa shape index (κ2) is 7.75. The van der Waals surface area contributed by atoms with Crippen LogP contribution in [0, 0.1) is 23.2 Å². The van der Waals surface area contributed by atoms with Gasteiger partial charge in [-0.3, -0.25) is 9.59 Å². The molecule has 3 aliphatic rings. The summed E-state index contributed by atoms with van der Waals surface area (Å²) in [6.07, 6.45) is 4.38. The van der Waals surface area contributed by atoms with Crippen LogP contribution in [0.3, 0.4) is 0 Å². The summed E-state index contributed by atoms with van der Waals surface area (Å²) in [5.41, 5.74) is 11.2. The molecule has 3 atom stereocenters. The number of pyridine rings is 1. The van der Waals surface area contributed by atoms with Crippen LogP contribution in [0.15, 0.2) is 31.0 Å². The van der Waals surface area contributed by atoms with Gasteiger partial charge in [0.25, 0.3) is 0 Å². The highest BCUT2D eigenvalue weighted by atomic mass is 16.2. The maximum absolute atomic E-state index is 13.0. The van der Waals surface area contributed by atoms with Crippen LogP contribution in [-0.4, -0.2) is 39.4 Å². The molecule has 7 heteroatoms. The number of nitrogens with zero attached hydrogens (tertiary/aromatic N) is 3. The number of aromatic nitrogens is 2. The van der Waals surface area contributed by atoms with Gasteiger partial charge in [-0.25, -0.2) is 4.98 Å². The zero-order valence-corrected chi connectivity index (χ0v) is 19.7. The molecule has 2 amide bonds. The third kappa shape index (κ3) is 3.94. The molecule has 1 unspecified atom stereocenters. The quantitative estimate of drug-likeness (QED) is 0.750. The van der Waals surface area contributed by atoms with Gasteiger partial charge in [-0.1, -0.05) is 20.4 Å². The van der Waals surface area contributed by atoms with Gasteiger partial charge in [0.1, 0.15) is 5.82 Å². The predicted octanol–water partition coefficient (Wildman–Crippen LogP) is 3.50. The Balaban J connectivity index is 1.32. The number of nitrogens with one attached hydrogen (secondary N) is 1. The molecule has 4 heterocycles. The van der Waals surface area contributed by atoms with E-state index in [0.29, 0.717) is 23.4 Å². The number of fused-ring (bicyclic) bond motifs is 2. The monoisotopic (exact) mass is 447 g/mol. The van der Waals surface area contributed by atoms with Gasteiger partial charge in [0.15, 0.2) is 0 Å². The molecule has 2 aromatic heterocycles. The highest BCUT2D eigenvalue weighted by molar-refractivity contribution is 5.92. The van der Waals surface area contributed by atoms with Crippen LogP contribution in [0.5, 0.6) is 0 Å². The molecule has 2 fully saturated rings. The smallest absolute Gasteiger partial charge is 0.228 e. The van der Waals surface area contributed by atoms with Crippen molar-refractivity contribution in [3.05, 3.63) is 42.4 Å². The minimum atomic E-state index is -0.0220. The molecule has 3 N–H and O–H groups in total. The number of nitrogens with two attached hydrogens (primary N) is 1. The van der Waals surface area contributed by atoms with Crippen LogP contribution >= 0.6 is 0 Å². The van der Waals surface area contributed by atoms with Crippen molar-refractivity contribution in [2.75, 3.05) is 18.4 Å². The molecule has 0 aromatic carbocycles. The topological polar surface area (TPSA) is 93.2 Å². The summed E-state index contributed by atoms with van der Waals surface area (Å²) in [7, 11) is 0. The molecular weight excluding hydrogens is 414 g/mol. The summed E-state index contributed by atoms with van der Waals surface area (Å²) in [5, 5.41) is 3.05. The summed E-state index contributed by atoms with van der Waals surface area (Å²) in [5.74, 6) is 1.57. The summed E-state index contributed by atoms with van der Waals surface area (Å²) in [6.45, 7) is 12.6. The molecular formula is C26H33N5O2. The van der Waals surface area contributed by atoms with Gasteiger partial charge in [-0.15, -0.1) is 0 Å². The molecule has 0 radical (unpaired) electrons. The normalized spacial score (nSPS) is 25.1. The molecule has 0 spiro atoms. The first kappa shape index (κ1) is 21.7. The zero-order valence-electron chi connectivity index (χ0n) is 19.7. The number of hydrogen-bond acceptors (Lipinski definition) is 4. The molecule has 1 aliphatic carbocycles. The van der Waals surface area contributed by atoms with Crippen molar-refractivity contribution >= 4 is 23.3 Å². The fraction of sp³-hybridized carbons (Fsp3) is 0.500. The van der Waals surface area contributed by atoms with Crippen molar-refractivity contribution in [2.24, 2.45) is 28.9 Å². The molecule has 2 aliphatic heterocycles. The molecule has 33 heavy (non-hydrogen) atoms. The van der Waals surface area contributed by atoms with Crippen molar-refractivity contribution in [3.63, 3.8) is 0 Å². The second-order valence-corrected chi connectivity index (χ2v) is 10.9. The van der Waals surface area contributed by atoms with E-state index < -0.39 is 0 Å². The highest BCUT2D eigenvalue weighted by Crippen LogP contribution is 2.43. The molecule has 1 saturated carbocycles. The molecule has 0 bridgehead atoms. The minimum absolute atomic E-state index is 0.0220. The molecule has 7 nitrogen and oxygen atoms in total. The van der Waals surface area contributed by atoms with Crippen LogP contribution in [0.4, 0.5) is 5.82 Å².